The van der Waals surface area contributed by atoms with Crippen LogP contribution in [0.15, 0.2) is 60.8 Å². The van der Waals surface area contributed by atoms with Gasteiger partial charge in [0.15, 0.2) is 0 Å². The molecular formula is C17H13N3O. The summed E-state index contributed by atoms with van der Waals surface area (Å²) in [6.07, 6.45) is 2.00. The molecule has 0 fully saturated rings. The van der Waals surface area contributed by atoms with Crippen LogP contribution in [0.3, 0.4) is 0 Å². The predicted octanol–water partition coefficient (Wildman–Crippen LogP) is 3.44. The van der Waals surface area contributed by atoms with E-state index in [0.29, 0.717) is 0 Å². The first kappa shape index (κ1) is 11.8. The molecule has 0 bridgehead atoms. The van der Waals surface area contributed by atoms with Gasteiger partial charge < -0.3 is 15.2 Å². The maximum atomic E-state index is 9.69. The van der Waals surface area contributed by atoms with Crippen LogP contribution in [0.25, 0.3) is 27.8 Å². The van der Waals surface area contributed by atoms with Gasteiger partial charge in [0, 0.05) is 23.5 Å². The molecule has 2 aromatic carbocycles. The topological polar surface area (TPSA) is 63.5 Å². The van der Waals surface area contributed by atoms with E-state index in [1.165, 1.54) is 0 Å². The average Bonchev–Trinajstić information content (AvgIpc) is 2.96. The lowest BCUT2D eigenvalue weighted by molar-refractivity contribution is 0.476. The van der Waals surface area contributed by atoms with Gasteiger partial charge in [-0.05, 0) is 36.4 Å². The quantitative estimate of drug-likeness (QED) is 0.523. The zero-order chi connectivity index (χ0) is 14.4. The molecule has 0 radical (unpaired) electrons. The monoisotopic (exact) mass is 275 g/mol. The van der Waals surface area contributed by atoms with Crippen molar-refractivity contribution in [2.45, 2.75) is 0 Å². The first-order valence-corrected chi connectivity index (χ1v) is 6.68. The van der Waals surface area contributed by atoms with Crippen LogP contribution in [-0.4, -0.2) is 14.5 Å². The molecule has 0 saturated heterocycles. The summed E-state index contributed by atoms with van der Waals surface area (Å²) in [5.41, 5.74) is 11.1. The highest BCUT2D eigenvalue weighted by molar-refractivity contribution is 5.88. The van der Waals surface area contributed by atoms with E-state index < -0.39 is 0 Å². The first-order chi connectivity index (χ1) is 10.2. The van der Waals surface area contributed by atoms with Crippen molar-refractivity contribution in [3.8, 4) is 17.0 Å². The summed E-state index contributed by atoms with van der Waals surface area (Å²) in [4.78, 5) is 4.71. The zero-order valence-corrected chi connectivity index (χ0v) is 11.2. The van der Waals surface area contributed by atoms with Gasteiger partial charge >= 0.3 is 0 Å². The van der Waals surface area contributed by atoms with Gasteiger partial charge in [-0.25, -0.2) is 4.98 Å². The summed E-state index contributed by atoms with van der Waals surface area (Å²) in [6.45, 7) is 0. The number of benzene rings is 2. The molecule has 0 unspecified atom stereocenters. The van der Waals surface area contributed by atoms with Crippen molar-refractivity contribution in [3.05, 3.63) is 60.8 Å². The van der Waals surface area contributed by atoms with E-state index in [4.69, 9.17) is 10.7 Å². The van der Waals surface area contributed by atoms with Crippen LogP contribution in [0.1, 0.15) is 0 Å². The van der Waals surface area contributed by atoms with E-state index >= 15 is 0 Å². The molecule has 102 valence electrons. The molecule has 0 atom stereocenters. The van der Waals surface area contributed by atoms with Crippen molar-refractivity contribution in [1.82, 2.24) is 9.38 Å². The van der Waals surface area contributed by atoms with E-state index in [1.54, 1.807) is 12.1 Å². The molecule has 0 aliphatic heterocycles. The number of phenolic OH excluding ortho intramolecular Hbond substituents is 1. The number of hydrogen-bond acceptors (Lipinski definition) is 3. The summed E-state index contributed by atoms with van der Waals surface area (Å²) in [5, 5.41) is 9.69. The van der Waals surface area contributed by atoms with Crippen molar-refractivity contribution in [2.75, 3.05) is 5.73 Å². The normalized spacial score (nSPS) is 11.2. The molecule has 4 aromatic rings. The number of aromatic nitrogens is 2. The fraction of sp³-hybridized carbons (Fsp3) is 0. The lowest BCUT2D eigenvalue weighted by Crippen LogP contribution is -1.94. The Bertz CT molecular complexity index is 955. The molecule has 2 aromatic heterocycles. The van der Waals surface area contributed by atoms with Gasteiger partial charge in [-0.2, -0.15) is 0 Å². The Balaban J connectivity index is 2.10. The minimum absolute atomic E-state index is 0.213. The summed E-state index contributed by atoms with van der Waals surface area (Å²) >= 11 is 0. The van der Waals surface area contributed by atoms with Crippen LogP contribution in [-0.2, 0) is 0 Å². The minimum atomic E-state index is 0.213. The standard InChI is InChI=1S/C17H13N3O/c18-12-5-3-11(4-6-12)17-16-2-1-9-20(16)15-8-7-13(21)10-14(15)19-17/h1-10,21H,18H2. The first-order valence-electron chi connectivity index (χ1n) is 6.68. The van der Waals surface area contributed by atoms with Crippen molar-refractivity contribution in [1.29, 1.82) is 0 Å². The molecule has 4 nitrogen and oxygen atoms in total. The van der Waals surface area contributed by atoms with Gasteiger partial charge in [0.2, 0.25) is 0 Å². The molecule has 3 N–H and O–H groups in total. The number of nitrogen functional groups attached to an aromatic ring is 1. The zero-order valence-electron chi connectivity index (χ0n) is 11.2. The number of hydrogen-bond donors (Lipinski definition) is 2. The number of rotatable bonds is 1. The largest absolute Gasteiger partial charge is 0.508 e. The number of aromatic hydroxyl groups is 1. The van der Waals surface area contributed by atoms with E-state index in [9.17, 15) is 5.11 Å². The average molecular weight is 275 g/mol. The molecule has 4 heteroatoms. The van der Waals surface area contributed by atoms with Crippen molar-refractivity contribution >= 4 is 22.2 Å². The van der Waals surface area contributed by atoms with Crippen molar-refractivity contribution < 1.29 is 5.11 Å². The Morgan fingerprint density at radius 3 is 2.57 bits per heavy atom. The Hall–Kier alpha value is -3.01. The second-order valence-electron chi connectivity index (χ2n) is 5.02. The number of nitrogens with two attached hydrogens (primary N) is 1. The molecule has 0 amide bonds. The van der Waals surface area contributed by atoms with Gasteiger partial charge in [0.25, 0.3) is 0 Å². The Morgan fingerprint density at radius 1 is 0.952 bits per heavy atom. The van der Waals surface area contributed by atoms with Crippen LogP contribution in [0, 0.1) is 0 Å². The molecule has 0 aliphatic rings. The highest BCUT2D eigenvalue weighted by Gasteiger charge is 2.10. The van der Waals surface area contributed by atoms with Gasteiger partial charge in [-0.3, -0.25) is 0 Å². The number of nitrogens with zero attached hydrogens (tertiary/aromatic N) is 2. The summed E-state index contributed by atoms with van der Waals surface area (Å²) < 4.78 is 2.08. The SMILES string of the molecule is Nc1ccc(-c2nc3cc(O)ccc3n3cccc23)cc1. The third-order valence-corrected chi connectivity index (χ3v) is 3.63. The van der Waals surface area contributed by atoms with Crippen molar-refractivity contribution in [2.24, 2.45) is 0 Å². The fourth-order valence-corrected chi connectivity index (χ4v) is 2.62. The van der Waals surface area contributed by atoms with Gasteiger partial charge in [0.05, 0.1) is 22.2 Å². The van der Waals surface area contributed by atoms with E-state index in [1.807, 2.05) is 48.7 Å². The Kier molecular flexibility index (Phi) is 2.38. The number of anilines is 1. The van der Waals surface area contributed by atoms with E-state index in [0.717, 1.165) is 33.5 Å². The van der Waals surface area contributed by atoms with Crippen LogP contribution in [0.4, 0.5) is 5.69 Å². The third-order valence-electron chi connectivity index (χ3n) is 3.63. The molecule has 0 aliphatic carbocycles. The second-order valence-corrected chi connectivity index (χ2v) is 5.02. The van der Waals surface area contributed by atoms with Gasteiger partial charge in [-0.1, -0.05) is 12.1 Å². The maximum absolute atomic E-state index is 9.69. The van der Waals surface area contributed by atoms with E-state index in [-0.39, 0.29) is 5.75 Å². The van der Waals surface area contributed by atoms with E-state index in [2.05, 4.69) is 4.40 Å². The second kappa shape index (κ2) is 4.24. The Morgan fingerprint density at radius 2 is 1.76 bits per heavy atom. The van der Waals surface area contributed by atoms with Gasteiger partial charge in [0.1, 0.15) is 5.75 Å². The third kappa shape index (κ3) is 1.80. The lowest BCUT2D eigenvalue weighted by atomic mass is 10.1. The highest BCUT2D eigenvalue weighted by atomic mass is 16.3. The lowest BCUT2D eigenvalue weighted by Gasteiger charge is -2.09. The van der Waals surface area contributed by atoms with Crippen LogP contribution in [0.5, 0.6) is 5.75 Å². The fourth-order valence-electron chi connectivity index (χ4n) is 2.62. The molecule has 21 heavy (non-hydrogen) atoms. The minimum Gasteiger partial charge on any atom is -0.508 e. The summed E-state index contributed by atoms with van der Waals surface area (Å²) in [6, 6.07) is 16.9. The van der Waals surface area contributed by atoms with Gasteiger partial charge in [-0.15, -0.1) is 0 Å². The number of fused-ring (bicyclic) bond motifs is 3. The Labute approximate surface area is 121 Å². The predicted molar refractivity (Wildman–Crippen MR) is 84.2 cm³/mol. The summed E-state index contributed by atoms with van der Waals surface area (Å²) in [7, 11) is 0. The highest BCUT2D eigenvalue weighted by Crippen LogP contribution is 2.28. The molecule has 2 heterocycles. The molecule has 0 spiro atoms. The molecule has 4 rings (SSSR count). The maximum Gasteiger partial charge on any atom is 0.117 e. The van der Waals surface area contributed by atoms with Crippen LogP contribution in [0.2, 0.25) is 0 Å². The number of phenols is 1. The molecular weight excluding hydrogens is 262 g/mol. The molecule has 0 saturated carbocycles. The van der Waals surface area contributed by atoms with Crippen LogP contribution < -0.4 is 5.73 Å². The smallest absolute Gasteiger partial charge is 0.117 e. The van der Waals surface area contributed by atoms with Crippen LogP contribution >= 0.6 is 0 Å². The summed E-state index contributed by atoms with van der Waals surface area (Å²) in [5.74, 6) is 0.213. The van der Waals surface area contributed by atoms with Crippen molar-refractivity contribution in [3.63, 3.8) is 0 Å².